The normalized spacial score (nSPS) is 10.9. The lowest BCUT2D eigenvalue weighted by Crippen LogP contribution is -2.31. The maximum Gasteiger partial charge on any atom is 0.330 e. The van der Waals surface area contributed by atoms with Crippen molar-refractivity contribution in [3.05, 3.63) is 55.4 Å². The van der Waals surface area contributed by atoms with Gasteiger partial charge in [-0.05, 0) is 31.5 Å². The van der Waals surface area contributed by atoms with Crippen molar-refractivity contribution in [2.24, 2.45) is 0 Å². The highest BCUT2D eigenvalue weighted by molar-refractivity contribution is 6.32. The number of nitrogens with one attached hydrogen (secondary N) is 1. The third-order valence-electron chi connectivity index (χ3n) is 4.43. The first-order valence-electron chi connectivity index (χ1n) is 9.04. The van der Waals surface area contributed by atoms with Crippen LogP contribution in [0.2, 0.25) is 5.02 Å². The number of hydrogen-bond acceptors (Lipinski definition) is 5. The van der Waals surface area contributed by atoms with Crippen LogP contribution in [0.25, 0.3) is 11.2 Å². The third-order valence-corrected chi connectivity index (χ3v) is 4.73. The lowest BCUT2D eigenvalue weighted by atomic mass is 10.2. The van der Waals surface area contributed by atoms with Crippen molar-refractivity contribution in [1.82, 2.24) is 19.1 Å². The number of nitrogens with zero attached hydrogens (tertiary/aromatic N) is 4. The van der Waals surface area contributed by atoms with Crippen molar-refractivity contribution in [3.63, 3.8) is 0 Å². The summed E-state index contributed by atoms with van der Waals surface area (Å²) in [6.07, 6.45) is 1.71. The fourth-order valence-electron chi connectivity index (χ4n) is 3.02. The number of imidazole rings is 1. The second kappa shape index (κ2) is 8.31. The molecule has 1 N–H and O–H groups in total. The molecule has 0 amide bonds. The predicted molar refractivity (Wildman–Crippen MR) is 106 cm³/mol. The Balaban J connectivity index is 2.02. The number of fused-ring (bicyclic) bond motifs is 1. The number of ether oxygens (including phenoxy) is 1. The number of hydrogen-bond donors (Lipinski definition) is 1. The molecular formula is C19H20ClN5O3. The largest absolute Gasteiger partial charge is 0.484 e. The molecule has 0 saturated carbocycles. The van der Waals surface area contributed by atoms with Gasteiger partial charge in [-0.3, -0.25) is 14.3 Å². The lowest BCUT2D eigenvalue weighted by Gasteiger charge is -2.09. The Hall–Kier alpha value is -3.05. The molecule has 0 unspecified atom stereocenters. The summed E-state index contributed by atoms with van der Waals surface area (Å²) in [7, 11) is 0. The summed E-state index contributed by atoms with van der Waals surface area (Å²) in [4.78, 5) is 31.5. The highest BCUT2D eigenvalue weighted by Gasteiger charge is 2.18. The van der Waals surface area contributed by atoms with E-state index in [2.05, 4.69) is 9.97 Å². The van der Waals surface area contributed by atoms with E-state index < -0.39 is 11.2 Å². The number of halogens is 1. The molecule has 0 radical (unpaired) electrons. The lowest BCUT2D eigenvalue weighted by molar-refractivity contribution is 0.291. The van der Waals surface area contributed by atoms with Crippen LogP contribution in [0.4, 0.5) is 0 Å². The summed E-state index contributed by atoms with van der Waals surface area (Å²) in [5.74, 6) is 0.923. The molecule has 0 bridgehead atoms. The zero-order valence-electron chi connectivity index (χ0n) is 15.7. The quantitative estimate of drug-likeness (QED) is 0.655. The van der Waals surface area contributed by atoms with E-state index in [-0.39, 0.29) is 6.61 Å². The molecule has 0 atom stereocenters. The summed E-state index contributed by atoms with van der Waals surface area (Å²) in [6.45, 7) is 4.95. The Kier molecular flexibility index (Phi) is 5.85. The Labute approximate surface area is 166 Å². The number of H-pyrrole nitrogens is 1. The molecule has 0 aliphatic carbocycles. The fourth-order valence-corrected chi connectivity index (χ4v) is 3.26. The summed E-state index contributed by atoms with van der Waals surface area (Å²) < 4.78 is 8.98. The summed E-state index contributed by atoms with van der Waals surface area (Å²) in [6, 6.07) is 6.76. The molecule has 0 aliphatic rings. The average molecular weight is 402 g/mol. The van der Waals surface area contributed by atoms with E-state index >= 15 is 0 Å². The van der Waals surface area contributed by atoms with Crippen LogP contribution in [-0.4, -0.2) is 19.1 Å². The highest BCUT2D eigenvalue weighted by Crippen LogP contribution is 2.26. The van der Waals surface area contributed by atoms with E-state index in [1.165, 1.54) is 10.6 Å². The van der Waals surface area contributed by atoms with Gasteiger partial charge in [0.05, 0.1) is 16.7 Å². The summed E-state index contributed by atoms with van der Waals surface area (Å²) in [5.41, 5.74) is 0.208. The minimum atomic E-state index is -0.468. The molecule has 8 nitrogen and oxygen atoms in total. The Morgan fingerprint density at radius 3 is 2.71 bits per heavy atom. The molecule has 0 spiro atoms. The number of benzene rings is 1. The number of nitriles is 1. The van der Waals surface area contributed by atoms with Crippen molar-refractivity contribution in [1.29, 1.82) is 5.26 Å². The van der Waals surface area contributed by atoms with E-state index in [4.69, 9.17) is 21.6 Å². The van der Waals surface area contributed by atoms with Crippen LogP contribution >= 0.6 is 11.6 Å². The minimum Gasteiger partial charge on any atom is -0.484 e. The molecule has 1 aromatic carbocycles. The zero-order chi connectivity index (χ0) is 20.3. The topological polar surface area (TPSA) is 106 Å². The van der Waals surface area contributed by atoms with Gasteiger partial charge in [-0.1, -0.05) is 24.9 Å². The average Bonchev–Trinajstić information content (AvgIpc) is 3.05. The van der Waals surface area contributed by atoms with Gasteiger partial charge in [0.2, 0.25) is 0 Å². The van der Waals surface area contributed by atoms with E-state index in [9.17, 15) is 9.59 Å². The molecule has 9 heteroatoms. The number of unbranched alkanes of at least 4 members (excludes halogenated alkanes) is 1. The molecule has 2 aromatic heterocycles. The molecule has 146 valence electrons. The van der Waals surface area contributed by atoms with Gasteiger partial charge in [-0.15, -0.1) is 0 Å². The van der Waals surface area contributed by atoms with Gasteiger partial charge in [0.1, 0.15) is 18.2 Å². The molecular weight excluding hydrogens is 382 g/mol. The second-order valence-corrected chi connectivity index (χ2v) is 6.66. The number of aromatic nitrogens is 4. The predicted octanol–water partition coefficient (Wildman–Crippen LogP) is 2.81. The molecule has 2 heterocycles. The van der Waals surface area contributed by atoms with Crippen LogP contribution in [0.15, 0.2) is 27.8 Å². The number of aromatic amines is 1. The summed E-state index contributed by atoms with van der Waals surface area (Å²) >= 11 is 6.15. The molecule has 28 heavy (non-hydrogen) atoms. The standard InChI is InChI=1S/C19H20ClN5O3/c1-3-5-8-25-17-16(18(26)23-19(25)27)24(4-2)15(22-17)11-28-14-7-6-12(10-21)9-13(14)20/h6-7,9H,3-5,8,11H2,1-2H3,(H,23,26,27). The van der Waals surface area contributed by atoms with Crippen molar-refractivity contribution in [3.8, 4) is 11.8 Å². The van der Waals surface area contributed by atoms with Gasteiger partial charge in [0, 0.05) is 13.1 Å². The Bertz CT molecular complexity index is 1170. The Morgan fingerprint density at radius 1 is 1.29 bits per heavy atom. The maximum absolute atomic E-state index is 12.4. The molecule has 3 aromatic rings. The third kappa shape index (κ3) is 3.66. The van der Waals surface area contributed by atoms with Gasteiger partial charge in [-0.2, -0.15) is 5.26 Å². The van der Waals surface area contributed by atoms with Crippen LogP contribution < -0.4 is 16.0 Å². The van der Waals surface area contributed by atoms with Crippen molar-refractivity contribution in [2.75, 3.05) is 0 Å². The monoisotopic (exact) mass is 401 g/mol. The maximum atomic E-state index is 12.4. The van der Waals surface area contributed by atoms with Crippen molar-refractivity contribution in [2.45, 2.75) is 46.4 Å². The highest BCUT2D eigenvalue weighted by atomic mass is 35.5. The van der Waals surface area contributed by atoms with Gasteiger partial charge in [-0.25, -0.2) is 9.78 Å². The number of aryl methyl sites for hydroxylation is 2. The van der Waals surface area contributed by atoms with Crippen LogP contribution in [0.3, 0.4) is 0 Å². The van der Waals surface area contributed by atoms with E-state index in [1.807, 2.05) is 19.9 Å². The van der Waals surface area contributed by atoms with Gasteiger partial charge in [0.25, 0.3) is 5.56 Å². The smallest absolute Gasteiger partial charge is 0.330 e. The molecule has 0 aliphatic heterocycles. The van der Waals surface area contributed by atoms with Crippen LogP contribution in [0.5, 0.6) is 5.75 Å². The van der Waals surface area contributed by atoms with Gasteiger partial charge >= 0.3 is 5.69 Å². The first-order chi connectivity index (χ1) is 13.5. The SMILES string of the molecule is CCCCn1c(=O)[nH]c(=O)c2c1nc(COc1ccc(C#N)cc1Cl)n2CC. The van der Waals surface area contributed by atoms with Crippen LogP contribution in [-0.2, 0) is 19.7 Å². The molecule has 0 saturated heterocycles. The summed E-state index contributed by atoms with van der Waals surface area (Å²) in [5, 5.41) is 9.24. The van der Waals surface area contributed by atoms with Gasteiger partial charge < -0.3 is 9.30 Å². The zero-order valence-corrected chi connectivity index (χ0v) is 16.4. The van der Waals surface area contributed by atoms with Crippen LogP contribution in [0.1, 0.15) is 38.1 Å². The first-order valence-corrected chi connectivity index (χ1v) is 9.42. The second-order valence-electron chi connectivity index (χ2n) is 6.25. The van der Waals surface area contributed by atoms with Crippen molar-refractivity contribution >= 4 is 22.8 Å². The Morgan fingerprint density at radius 2 is 2.07 bits per heavy atom. The van der Waals surface area contributed by atoms with Gasteiger partial charge in [0.15, 0.2) is 11.2 Å². The molecule has 3 rings (SSSR count). The molecule has 0 fully saturated rings. The minimum absolute atomic E-state index is 0.0650. The van der Waals surface area contributed by atoms with Crippen molar-refractivity contribution < 1.29 is 4.74 Å². The number of rotatable bonds is 7. The van der Waals surface area contributed by atoms with E-state index in [0.717, 1.165) is 12.8 Å². The fraction of sp³-hybridized carbons (Fsp3) is 0.368. The first kappa shape index (κ1) is 19.7. The van der Waals surface area contributed by atoms with Crippen LogP contribution in [0, 0.1) is 11.3 Å². The van der Waals surface area contributed by atoms with E-state index in [0.29, 0.717) is 46.4 Å². The van der Waals surface area contributed by atoms with E-state index in [1.54, 1.807) is 16.7 Å².